The first-order valence-corrected chi connectivity index (χ1v) is 9.08. The number of likely N-dealkylation sites (N-methyl/N-ethyl adjacent to an activating group) is 1. The van der Waals surface area contributed by atoms with Gasteiger partial charge in [-0.1, -0.05) is 13.3 Å². The summed E-state index contributed by atoms with van der Waals surface area (Å²) in [4.78, 5) is 13.7. The number of nitrogens with zero attached hydrogens (tertiary/aromatic N) is 4. The second kappa shape index (κ2) is 10.5. The third-order valence-corrected chi connectivity index (χ3v) is 5.11. The summed E-state index contributed by atoms with van der Waals surface area (Å²) in [5.74, 6) is 0.951. The highest BCUT2D eigenvalue weighted by Crippen LogP contribution is 2.16. The number of aromatic nitrogens is 1. The standard InChI is InChI=1S/C16H29N5S.HI/c1-5-21-9-7-6-8-15(21)10-18-16(17-3)20(4)11-14-12-22-13(2)19-14;/h12,15H,5-11H2,1-4H3,(H,17,18);1H. The fraction of sp³-hybridized carbons (Fsp3) is 0.750. The lowest BCUT2D eigenvalue weighted by molar-refractivity contribution is 0.156. The Balaban J connectivity index is 0.00000264. The van der Waals surface area contributed by atoms with Crippen molar-refractivity contribution in [2.75, 3.05) is 33.7 Å². The minimum atomic E-state index is 0. The lowest BCUT2D eigenvalue weighted by Gasteiger charge is -2.35. The number of hydrogen-bond acceptors (Lipinski definition) is 4. The van der Waals surface area contributed by atoms with Crippen molar-refractivity contribution >= 4 is 41.3 Å². The lowest BCUT2D eigenvalue weighted by atomic mass is 10.0. The van der Waals surface area contributed by atoms with Crippen LogP contribution in [0.25, 0.3) is 0 Å². The van der Waals surface area contributed by atoms with Gasteiger partial charge in [0.05, 0.1) is 17.2 Å². The fourth-order valence-electron chi connectivity index (χ4n) is 3.10. The van der Waals surface area contributed by atoms with Gasteiger partial charge in [-0.2, -0.15) is 0 Å². The van der Waals surface area contributed by atoms with Gasteiger partial charge in [0.25, 0.3) is 0 Å². The summed E-state index contributed by atoms with van der Waals surface area (Å²) in [6.45, 7) is 8.44. The number of aryl methyl sites for hydroxylation is 1. The van der Waals surface area contributed by atoms with Crippen LogP contribution in [0.3, 0.4) is 0 Å². The molecule has 23 heavy (non-hydrogen) atoms. The highest BCUT2D eigenvalue weighted by Gasteiger charge is 2.21. The molecule has 0 aliphatic carbocycles. The number of rotatable bonds is 5. The fourth-order valence-corrected chi connectivity index (χ4v) is 3.70. The van der Waals surface area contributed by atoms with E-state index in [9.17, 15) is 0 Å². The van der Waals surface area contributed by atoms with Crippen LogP contribution in [-0.4, -0.2) is 60.5 Å². The van der Waals surface area contributed by atoms with Gasteiger partial charge in [-0.15, -0.1) is 35.3 Å². The lowest BCUT2D eigenvalue weighted by Crippen LogP contribution is -2.49. The van der Waals surface area contributed by atoms with Crippen LogP contribution < -0.4 is 5.32 Å². The zero-order valence-corrected chi connectivity index (χ0v) is 17.9. The average molecular weight is 451 g/mol. The molecular formula is C16H30IN5S. The molecular weight excluding hydrogens is 421 g/mol. The molecule has 2 heterocycles. The van der Waals surface area contributed by atoms with Crippen LogP contribution in [0, 0.1) is 6.92 Å². The van der Waals surface area contributed by atoms with E-state index in [1.807, 2.05) is 14.0 Å². The van der Waals surface area contributed by atoms with Gasteiger partial charge >= 0.3 is 0 Å². The van der Waals surface area contributed by atoms with E-state index in [0.717, 1.165) is 36.3 Å². The molecule has 1 aromatic heterocycles. The molecule has 0 bridgehead atoms. The normalized spacial score (nSPS) is 19.3. The maximum atomic E-state index is 4.53. The Labute approximate surface area is 161 Å². The zero-order chi connectivity index (χ0) is 15.9. The van der Waals surface area contributed by atoms with Gasteiger partial charge in [-0.05, 0) is 32.9 Å². The zero-order valence-electron chi connectivity index (χ0n) is 14.7. The Morgan fingerprint density at radius 2 is 2.30 bits per heavy atom. The molecule has 7 heteroatoms. The maximum Gasteiger partial charge on any atom is 0.193 e. The number of nitrogens with one attached hydrogen (secondary N) is 1. The van der Waals surface area contributed by atoms with E-state index in [-0.39, 0.29) is 24.0 Å². The van der Waals surface area contributed by atoms with E-state index in [1.165, 1.54) is 25.8 Å². The van der Waals surface area contributed by atoms with Crippen molar-refractivity contribution in [3.63, 3.8) is 0 Å². The van der Waals surface area contributed by atoms with Crippen molar-refractivity contribution in [2.24, 2.45) is 4.99 Å². The molecule has 2 rings (SSSR count). The Morgan fingerprint density at radius 1 is 1.52 bits per heavy atom. The topological polar surface area (TPSA) is 43.8 Å². The Kier molecular flexibility index (Phi) is 9.38. The van der Waals surface area contributed by atoms with Crippen molar-refractivity contribution in [3.8, 4) is 0 Å². The van der Waals surface area contributed by atoms with Gasteiger partial charge < -0.3 is 10.2 Å². The molecule has 1 aliphatic heterocycles. The summed E-state index contributed by atoms with van der Waals surface area (Å²) in [5.41, 5.74) is 1.11. The van der Waals surface area contributed by atoms with Crippen molar-refractivity contribution in [1.29, 1.82) is 0 Å². The van der Waals surface area contributed by atoms with Crippen molar-refractivity contribution in [1.82, 2.24) is 20.1 Å². The Hall–Kier alpha value is -0.410. The maximum absolute atomic E-state index is 4.53. The van der Waals surface area contributed by atoms with Crippen molar-refractivity contribution in [2.45, 2.75) is 45.7 Å². The molecule has 1 saturated heterocycles. The summed E-state index contributed by atoms with van der Waals surface area (Å²) < 4.78 is 0. The van der Waals surface area contributed by atoms with E-state index in [0.29, 0.717) is 6.04 Å². The first-order valence-electron chi connectivity index (χ1n) is 8.20. The molecule has 0 saturated carbocycles. The molecule has 0 spiro atoms. The summed E-state index contributed by atoms with van der Waals surface area (Å²) in [5, 5.41) is 6.78. The highest BCUT2D eigenvalue weighted by molar-refractivity contribution is 14.0. The van der Waals surface area contributed by atoms with E-state index >= 15 is 0 Å². The number of thiazole rings is 1. The number of likely N-dealkylation sites (tertiary alicyclic amines) is 1. The molecule has 0 aromatic carbocycles. The number of aliphatic imine (C=N–C) groups is 1. The van der Waals surface area contributed by atoms with E-state index < -0.39 is 0 Å². The van der Waals surface area contributed by atoms with Crippen LogP contribution in [0.4, 0.5) is 0 Å². The average Bonchev–Trinajstić information content (AvgIpc) is 2.93. The second-order valence-corrected chi connectivity index (χ2v) is 6.98. The summed E-state index contributed by atoms with van der Waals surface area (Å²) in [6, 6.07) is 0.630. The minimum Gasteiger partial charge on any atom is -0.355 e. The highest BCUT2D eigenvalue weighted by atomic mass is 127. The molecule has 1 N–H and O–H groups in total. The molecule has 0 radical (unpaired) electrons. The molecule has 0 amide bonds. The molecule has 1 unspecified atom stereocenters. The summed E-state index contributed by atoms with van der Waals surface area (Å²) in [6.07, 6.45) is 3.96. The van der Waals surface area contributed by atoms with Gasteiger partial charge in [0.2, 0.25) is 0 Å². The predicted molar refractivity (Wildman–Crippen MR) is 110 cm³/mol. The van der Waals surface area contributed by atoms with Crippen molar-refractivity contribution in [3.05, 3.63) is 16.1 Å². The predicted octanol–water partition coefficient (Wildman–Crippen LogP) is 2.95. The van der Waals surface area contributed by atoms with Gasteiger partial charge in [0.1, 0.15) is 0 Å². The number of hydrogen-bond donors (Lipinski definition) is 1. The Morgan fingerprint density at radius 3 is 2.91 bits per heavy atom. The van der Waals surface area contributed by atoms with Crippen LogP contribution in [0.5, 0.6) is 0 Å². The molecule has 1 aliphatic rings. The SMILES string of the molecule is CCN1CCCCC1CNC(=NC)N(C)Cc1csc(C)n1.I. The first-order chi connectivity index (χ1) is 10.6. The third kappa shape index (κ3) is 6.19. The minimum absolute atomic E-state index is 0. The van der Waals surface area contributed by atoms with E-state index in [1.54, 1.807) is 11.3 Å². The van der Waals surface area contributed by atoms with Crippen LogP contribution in [0.15, 0.2) is 10.4 Å². The summed E-state index contributed by atoms with van der Waals surface area (Å²) >= 11 is 1.70. The number of guanidine groups is 1. The first kappa shape index (κ1) is 20.6. The van der Waals surface area contributed by atoms with E-state index in [2.05, 4.69) is 44.4 Å². The molecule has 5 nitrogen and oxygen atoms in total. The van der Waals surface area contributed by atoms with Gasteiger partial charge in [-0.25, -0.2) is 4.98 Å². The van der Waals surface area contributed by atoms with Crippen LogP contribution in [-0.2, 0) is 6.54 Å². The largest absolute Gasteiger partial charge is 0.355 e. The van der Waals surface area contributed by atoms with Gasteiger partial charge in [-0.3, -0.25) is 9.89 Å². The quantitative estimate of drug-likeness (QED) is 0.425. The molecule has 1 aromatic rings. The summed E-state index contributed by atoms with van der Waals surface area (Å²) in [7, 11) is 3.92. The van der Waals surface area contributed by atoms with Crippen LogP contribution >= 0.6 is 35.3 Å². The molecule has 1 atom stereocenters. The third-order valence-electron chi connectivity index (χ3n) is 4.29. The van der Waals surface area contributed by atoms with Gasteiger partial charge in [0.15, 0.2) is 5.96 Å². The molecule has 132 valence electrons. The number of piperidine rings is 1. The Bertz CT molecular complexity index is 491. The van der Waals surface area contributed by atoms with Gasteiger partial charge in [0, 0.05) is 32.1 Å². The smallest absolute Gasteiger partial charge is 0.193 e. The van der Waals surface area contributed by atoms with Crippen molar-refractivity contribution < 1.29 is 0 Å². The monoisotopic (exact) mass is 451 g/mol. The second-order valence-electron chi connectivity index (χ2n) is 5.92. The van der Waals surface area contributed by atoms with Crippen LogP contribution in [0.1, 0.15) is 36.9 Å². The molecule has 1 fully saturated rings. The van der Waals surface area contributed by atoms with Crippen LogP contribution in [0.2, 0.25) is 0 Å². The van der Waals surface area contributed by atoms with E-state index in [4.69, 9.17) is 0 Å². The number of halogens is 1.